The number of benzene rings is 6. The van der Waals surface area contributed by atoms with Gasteiger partial charge in [-0.15, -0.1) is 17.8 Å². The normalized spacial score (nSPS) is 11.9. The van der Waals surface area contributed by atoms with E-state index in [2.05, 4.69) is 161 Å². The van der Waals surface area contributed by atoms with Gasteiger partial charge in [0.2, 0.25) is 0 Å². The molecule has 0 saturated heterocycles. The molecule has 9 rings (SSSR count). The van der Waals surface area contributed by atoms with Crippen molar-refractivity contribution < 1.29 is 0 Å². The van der Waals surface area contributed by atoms with Crippen LogP contribution in [0.25, 0.3) is 82.3 Å². The summed E-state index contributed by atoms with van der Waals surface area (Å²) in [7, 11) is 0. The molecule has 0 amide bonds. The summed E-state index contributed by atoms with van der Waals surface area (Å²) in [5, 5.41) is 6.18. The van der Waals surface area contributed by atoms with Gasteiger partial charge >= 0.3 is 0 Å². The second kappa shape index (κ2) is 10.4. The van der Waals surface area contributed by atoms with Crippen LogP contribution in [-0.4, -0.2) is 9.13 Å². The Balaban J connectivity index is 1.27. The van der Waals surface area contributed by atoms with E-state index in [1.807, 2.05) is 6.92 Å². The zero-order valence-electron chi connectivity index (χ0n) is 25.2. The molecule has 0 aliphatic heterocycles. The van der Waals surface area contributed by atoms with Crippen molar-refractivity contribution >= 4 is 71.1 Å². The van der Waals surface area contributed by atoms with E-state index in [0.717, 1.165) is 16.1 Å². The topological polar surface area (TPSA) is 9.86 Å². The predicted octanol–water partition coefficient (Wildman–Crippen LogP) is 11.8. The Morgan fingerprint density at radius 1 is 0.565 bits per heavy atom. The lowest BCUT2D eigenvalue weighted by molar-refractivity contribution is 1.18. The van der Waals surface area contributed by atoms with Gasteiger partial charge in [0.15, 0.2) is 0 Å². The van der Waals surface area contributed by atoms with Crippen LogP contribution in [0.3, 0.4) is 0 Å². The van der Waals surface area contributed by atoms with Gasteiger partial charge in [0, 0.05) is 38.2 Å². The van der Waals surface area contributed by atoms with Crippen LogP contribution in [0.2, 0.25) is 0 Å². The summed E-state index contributed by atoms with van der Waals surface area (Å²) in [5.74, 6) is 2.93. The fourth-order valence-electron chi connectivity index (χ4n) is 7.16. The molecule has 0 saturated carbocycles. The fraction of sp³-hybridized carbons (Fsp3) is 0.0233. The number of rotatable bonds is 4. The van der Waals surface area contributed by atoms with Crippen molar-refractivity contribution in [1.82, 2.24) is 9.13 Å². The molecule has 0 radical (unpaired) electrons. The highest BCUT2D eigenvalue weighted by atomic mass is 32.1. The molecule has 46 heavy (non-hydrogen) atoms. The molecule has 0 spiro atoms. The molecule has 6 aromatic carbocycles. The van der Waals surface area contributed by atoms with Crippen LogP contribution >= 0.6 is 11.3 Å². The minimum Gasteiger partial charge on any atom is -0.309 e. The summed E-state index contributed by atoms with van der Waals surface area (Å²) in [6.45, 7) is 2.04. The van der Waals surface area contributed by atoms with Crippen LogP contribution in [0, 0.1) is 12.3 Å². The first-order valence-electron chi connectivity index (χ1n) is 15.5. The highest BCUT2D eigenvalue weighted by Gasteiger charge is 2.19. The van der Waals surface area contributed by atoms with Crippen molar-refractivity contribution in [2.75, 3.05) is 0 Å². The lowest BCUT2D eigenvalue weighted by Gasteiger charge is -2.10. The van der Waals surface area contributed by atoms with Crippen LogP contribution < -0.4 is 0 Å². The Morgan fingerprint density at radius 3 is 1.78 bits per heavy atom. The smallest absolute Gasteiger partial charge is 0.0851 e. The van der Waals surface area contributed by atoms with E-state index in [-0.39, 0.29) is 0 Å². The first-order valence-corrected chi connectivity index (χ1v) is 16.3. The Kier molecular flexibility index (Phi) is 6.00. The molecule has 0 bridgehead atoms. The van der Waals surface area contributed by atoms with Crippen molar-refractivity contribution in [3.8, 4) is 34.8 Å². The van der Waals surface area contributed by atoms with E-state index >= 15 is 0 Å². The average molecular weight is 605 g/mol. The monoisotopic (exact) mass is 604 g/mol. The van der Waals surface area contributed by atoms with Crippen molar-refractivity contribution in [3.05, 3.63) is 150 Å². The number of hydrogen-bond donors (Lipinski definition) is 0. The van der Waals surface area contributed by atoms with Gasteiger partial charge in [0.05, 0.1) is 37.3 Å². The maximum absolute atomic E-state index is 5.98. The van der Waals surface area contributed by atoms with Gasteiger partial charge < -0.3 is 9.13 Å². The van der Waals surface area contributed by atoms with Crippen LogP contribution in [-0.2, 0) is 0 Å². The Bertz CT molecular complexity index is 2710. The minimum atomic E-state index is 0.965. The quantitative estimate of drug-likeness (QED) is 0.177. The van der Waals surface area contributed by atoms with E-state index in [0.29, 0.717) is 0 Å². The van der Waals surface area contributed by atoms with Crippen LogP contribution in [0.15, 0.2) is 140 Å². The zero-order valence-corrected chi connectivity index (χ0v) is 26.1. The predicted molar refractivity (Wildman–Crippen MR) is 199 cm³/mol. The molecule has 216 valence electrons. The van der Waals surface area contributed by atoms with E-state index in [9.17, 15) is 0 Å². The third-order valence-electron chi connectivity index (χ3n) is 9.13. The van der Waals surface area contributed by atoms with Gasteiger partial charge in [0.1, 0.15) is 0 Å². The van der Waals surface area contributed by atoms with E-state index < -0.39 is 0 Å². The highest BCUT2D eigenvalue weighted by Crippen LogP contribution is 2.41. The molecule has 3 heteroatoms. The summed E-state index contributed by atoms with van der Waals surface area (Å²) < 4.78 is 5.98. The molecule has 2 nitrogen and oxygen atoms in total. The van der Waals surface area contributed by atoms with Crippen molar-refractivity contribution in [2.45, 2.75) is 6.92 Å². The molecular formula is C43H28N2S. The number of hydrogen-bond acceptors (Lipinski definition) is 1. The molecule has 3 aromatic heterocycles. The van der Waals surface area contributed by atoms with Gasteiger partial charge in [0.25, 0.3) is 0 Å². The highest BCUT2D eigenvalue weighted by molar-refractivity contribution is 7.20. The first-order chi connectivity index (χ1) is 22.7. The fourth-order valence-corrected chi connectivity index (χ4v) is 8.26. The Morgan fingerprint density at radius 2 is 1.13 bits per heavy atom. The summed E-state index contributed by atoms with van der Waals surface area (Å²) in [4.78, 5) is 0.965. The number of thiophene rings is 1. The average Bonchev–Trinajstić information content (AvgIpc) is 3.76. The lowest BCUT2D eigenvalue weighted by atomic mass is 10.0. The number of aromatic nitrogens is 2. The number of fused-ring (bicyclic) bond motifs is 7. The third-order valence-corrected chi connectivity index (χ3v) is 10.3. The summed E-state index contributed by atoms with van der Waals surface area (Å²) >= 11 is 1.70. The second-order valence-electron chi connectivity index (χ2n) is 11.6. The Hall–Kier alpha value is -5.82. The molecule has 0 aliphatic rings. The van der Waals surface area contributed by atoms with Gasteiger partial charge in [-0.1, -0.05) is 96.9 Å². The standard InChI is InChI=1S/C43H28N2S/c1-3-13-33-34-18-12-21-41(43(34)46-42(33)4-2)45-38-20-11-9-17-32(38)36-27-29(23-25-40(36)45)28-22-24-39-35(26-28)31-16-8-10-19-37(31)44(39)30-14-6-5-7-15-30/h2-3,5-27H,1H3/b13-3-. The molecule has 0 N–H and O–H groups in total. The molecule has 0 atom stereocenters. The SMILES string of the molecule is C#Cc1sc2c(-n3c4ccccc4c4cc(-c5ccc6c(c5)c5ccccc5n6-c5ccccc5)ccc43)cccc2c1/C=C\C. The molecule has 3 heterocycles. The van der Waals surface area contributed by atoms with Gasteiger partial charge in [-0.2, -0.15) is 0 Å². The molecule has 0 aliphatic carbocycles. The lowest BCUT2D eigenvalue weighted by Crippen LogP contribution is -1.94. The molecule has 0 fully saturated rings. The molecule has 0 unspecified atom stereocenters. The zero-order chi connectivity index (χ0) is 30.8. The summed E-state index contributed by atoms with van der Waals surface area (Å²) in [6.07, 6.45) is 10.2. The largest absolute Gasteiger partial charge is 0.309 e. The first kappa shape index (κ1) is 26.6. The molecular weight excluding hydrogens is 577 g/mol. The van der Waals surface area contributed by atoms with Crippen molar-refractivity contribution in [3.63, 3.8) is 0 Å². The summed E-state index contributed by atoms with van der Waals surface area (Å²) in [6, 6.07) is 48.4. The number of allylic oxidation sites excluding steroid dienone is 1. The van der Waals surface area contributed by atoms with Crippen molar-refractivity contribution in [2.24, 2.45) is 0 Å². The third kappa shape index (κ3) is 3.84. The van der Waals surface area contributed by atoms with Gasteiger partial charge in [-0.05, 0) is 72.6 Å². The van der Waals surface area contributed by atoms with Gasteiger partial charge in [-0.25, -0.2) is 0 Å². The van der Waals surface area contributed by atoms with Crippen LogP contribution in [0.1, 0.15) is 17.4 Å². The van der Waals surface area contributed by atoms with E-state index in [4.69, 9.17) is 6.42 Å². The number of para-hydroxylation sites is 3. The van der Waals surface area contributed by atoms with Crippen LogP contribution in [0.5, 0.6) is 0 Å². The maximum atomic E-state index is 5.98. The summed E-state index contributed by atoms with van der Waals surface area (Å²) in [5.41, 5.74) is 10.7. The van der Waals surface area contributed by atoms with Crippen molar-refractivity contribution in [1.29, 1.82) is 0 Å². The maximum Gasteiger partial charge on any atom is 0.0851 e. The minimum absolute atomic E-state index is 0.965. The van der Waals surface area contributed by atoms with E-state index in [1.54, 1.807) is 11.3 Å². The molecule has 9 aromatic rings. The van der Waals surface area contributed by atoms with Crippen LogP contribution in [0.4, 0.5) is 0 Å². The second-order valence-corrected chi connectivity index (χ2v) is 12.7. The van der Waals surface area contributed by atoms with E-state index in [1.165, 1.54) is 70.5 Å². The Labute approximate surface area is 271 Å². The number of terminal acetylenes is 1. The van der Waals surface area contributed by atoms with Gasteiger partial charge in [-0.3, -0.25) is 0 Å². The number of nitrogens with zero attached hydrogens (tertiary/aromatic N) is 2.